The summed E-state index contributed by atoms with van der Waals surface area (Å²) in [5.74, 6) is -0.364. The number of aryl methyl sites for hydroxylation is 1. The molecule has 1 aliphatic rings. The molecule has 3 heterocycles. The summed E-state index contributed by atoms with van der Waals surface area (Å²) >= 11 is 1.66. The van der Waals surface area contributed by atoms with E-state index in [4.69, 9.17) is 9.40 Å². The number of carbonyl (C=O) groups is 1. The number of carbonyl (C=O) groups excluding carboxylic acids is 1. The largest absolute Gasteiger partial charge is 0.419 e. The standard InChI is InChI=1S/C21H19N3O3S/c25-19(11-13-24-15-7-2-3-9-17(15)27-21(24)26)23-12-5-8-16(23)20-22-14-6-1-4-10-18(14)28-20/h1-4,6-7,9-10,16H,5,8,11-13H2/t16-/m1/s1. The van der Waals surface area contributed by atoms with Crippen molar-refractivity contribution in [3.8, 4) is 0 Å². The molecular weight excluding hydrogens is 374 g/mol. The Kier molecular flexibility index (Phi) is 4.24. The number of thiazole rings is 1. The zero-order chi connectivity index (χ0) is 19.1. The van der Waals surface area contributed by atoms with Crippen molar-refractivity contribution in [3.05, 3.63) is 64.1 Å². The molecule has 0 saturated carbocycles. The van der Waals surface area contributed by atoms with Crippen LogP contribution < -0.4 is 5.76 Å². The Hall–Kier alpha value is -2.93. The maximum Gasteiger partial charge on any atom is 0.419 e. The molecular formula is C21H19N3O3S. The zero-order valence-corrected chi connectivity index (χ0v) is 16.0. The first-order chi connectivity index (χ1) is 13.7. The lowest BCUT2D eigenvalue weighted by Crippen LogP contribution is -2.31. The molecule has 4 aromatic rings. The quantitative estimate of drug-likeness (QED) is 0.526. The van der Waals surface area contributed by atoms with Gasteiger partial charge in [0.2, 0.25) is 5.91 Å². The van der Waals surface area contributed by atoms with Crippen LogP contribution in [0.4, 0.5) is 0 Å². The molecule has 1 amide bonds. The summed E-state index contributed by atoms with van der Waals surface area (Å²) in [7, 11) is 0. The monoisotopic (exact) mass is 393 g/mol. The van der Waals surface area contributed by atoms with Crippen LogP contribution in [-0.4, -0.2) is 26.9 Å². The van der Waals surface area contributed by atoms with Gasteiger partial charge in [0.05, 0.1) is 21.8 Å². The number of rotatable bonds is 4. The molecule has 5 rings (SSSR count). The molecule has 1 atom stereocenters. The molecule has 142 valence electrons. The maximum atomic E-state index is 12.9. The maximum absolute atomic E-state index is 12.9. The lowest BCUT2D eigenvalue weighted by Gasteiger charge is -2.23. The van der Waals surface area contributed by atoms with Crippen LogP contribution in [0.2, 0.25) is 0 Å². The van der Waals surface area contributed by atoms with Gasteiger partial charge < -0.3 is 9.32 Å². The van der Waals surface area contributed by atoms with E-state index >= 15 is 0 Å². The Morgan fingerprint density at radius 3 is 2.89 bits per heavy atom. The van der Waals surface area contributed by atoms with E-state index in [1.54, 1.807) is 17.4 Å². The molecule has 0 radical (unpaired) electrons. The van der Waals surface area contributed by atoms with Gasteiger partial charge in [-0.1, -0.05) is 24.3 Å². The summed E-state index contributed by atoms with van der Waals surface area (Å²) in [5, 5.41) is 0.998. The van der Waals surface area contributed by atoms with E-state index in [0.717, 1.165) is 40.1 Å². The number of para-hydroxylation sites is 3. The van der Waals surface area contributed by atoms with Crippen LogP contribution in [0.3, 0.4) is 0 Å². The molecule has 0 bridgehead atoms. The second-order valence-electron chi connectivity index (χ2n) is 7.00. The number of likely N-dealkylation sites (tertiary alicyclic amines) is 1. The third-order valence-corrected chi connectivity index (χ3v) is 6.43. The molecule has 6 nitrogen and oxygen atoms in total. The highest BCUT2D eigenvalue weighted by molar-refractivity contribution is 7.18. The van der Waals surface area contributed by atoms with Crippen molar-refractivity contribution in [2.75, 3.05) is 6.54 Å². The van der Waals surface area contributed by atoms with E-state index in [2.05, 4.69) is 6.07 Å². The zero-order valence-electron chi connectivity index (χ0n) is 15.2. The highest BCUT2D eigenvalue weighted by Gasteiger charge is 2.32. The van der Waals surface area contributed by atoms with Crippen LogP contribution in [-0.2, 0) is 11.3 Å². The number of fused-ring (bicyclic) bond motifs is 2. The fraction of sp³-hybridized carbons (Fsp3) is 0.286. The fourth-order valence-corrected chi connectivity index (χ4v) is 5.05. The molecule has 0 spiro atoms. The molecule has 1 fully saturated rings. The molecule has 2 aromatic heterocycles. The average Bonchev–Trinajstić information content (AvgIpc) is 3.42. The Balaban J connectivity index is 1.35. The number of benzene rings is 2. The van der Waals surface area contributed by atoms with E-state index in [1.165, 1.54) is 4.57 Å². The van der Waals surface area contributed by atoms with Gasteiger partial charge in [0.15, 0.2) is 5.58 Å². The molecule has 0 unspecified atom stereocenters. The fourth-order valence-electron chi connectivity index (χ4n) is 3.93. The molecule has 0 aliphatic carbocycles. The van der Waals surface area contributed by atoms with Crippen LogP contribution in [0.15, 0.2) is 57.7 Å². The number of amides is 1. The minimum absolute atomic E-state index is 0.0303. The van der Waals surface area contributed by atoms with Gasteiger partial charge in [-0.15, -0.1) is 11.3 Å². The molecule has 7 heteroatoms. The highest BCUT2D eigenvalue weighted by Crippen LogP contribution is 2.36. The van der Waals surface area contributed by atoms with Crippen LogP contribution in [0.25, 0.3) is 21.3 Å². The topological polar surface area (TPSA) is 68.3 Å². The minimum Gasteiger partial charge on any atom is -0.408 e. The summed E-state index contributed by atoms with van der Waals surface area (Å²) in [6.45, 7) is 1.05. The van der Waals surface area contributed by atoms with Gasteiger partial charge in [-0.05, 0) is 37.1 Å². The smallest absolute Gasteiger partial charge is 0.408 e. The Bertz CT molecular complexity index is 1190. The molecule has 2 aromatic carbocycles. The predicted octanol–water partition coefficient (Wildman–Crippen LogP) is 3.96. The van der Waals surface area contributed by atoms with Crippen molar-refractivity contribution >= 4 is 38.6 Å². The second-order valence-corrected chi connectivity index (χ2v) is 8.06. The van der Waals surface area contributed by atoms with E-state index in [1.807, 2.05) is 41.3 Å². The SMILES string of the molecule is O=C(CCn1c(=O)oc2ccccc21)N1CCC[C@@H]1c1nc2ccccc2s1. The predicted molar refractivity (Wildman–Crippen MR) is 108 cm³/mol. The summed E-state index contributed by atoms with van der Waals surface area (Å²) in [6, 6.07) is 15.4. The summed E-state index contributed by atoms with van der Waals surface area (Å²) in [6.07, 6.45) is 2.17. The molecule has 28 heavy (non-hydrogen) atoms. The van der Waals surface area contributed by atoms with Gasteiger partial charge in [-0.2, -0.15) is 0 Å². The Morgan fingerprint density at radius 1 is 1.18 bits per heavy atom. The first-order valence-electron chi connectivity index (χ1n) is 9.44. The lowest BCUT2D eigenvalue weighted by molar-refractivity contribution is -0.132. The number of aromatic nitrogens is 2. The second kappa shape index (κ2) is 6.91. The van der Waals surface area contributed by atoms with E-state index < -0.39 is 5.76 Å². The van der Waals surface area contributed by atoms with Gasteiger partial charge in [0, 0.05) is 19.5 Å². The van der Waals surface area contributed by atoms with Gasteiger partial charge in [-0.3, -0.25) is 9.36 Å². The van der Waals surface area contributed by atoms with E-state index in [-0.39, 0.29) is 18.4 Å². The highest BCUT2D eigenvalue weighted by atomic mass is 32.1. The van der Waals surface area contributed by atoms with Crippen LogP contribution in [0.1, 0.15) is 30.3 Å². The van der Waals surface area contributed by atoms with Gasteiger partial charge in [0.25, 0.3) is 0 Å². The Morgan fingerprint density at radius 2 is 2.00 bits per heavy atom. The van der Waals surface area contributed by atoms with Crippen molar-refractivity contribution in [3.63, 3.8) is 0 Å². The normalized spacial score (nSPS) is 17.0. The number of hydrogen-bond acceptors (Lipinski definition) is 5. The van der Waals surface area contributed by atoms with Crippen molar-refractivity contribution in [2.45, 2.75) is 31.8 Å². The first kappa shape index (κ1) is 17.2. The van der Waals surface area contributed by atoms with Crippen LogP contribution in [0.5, 0.6) is 0 Å². The van der Waals surface area contributed by atoms with Crippen molar-refractivity contribution < 1.29 is 9.21 Å². The van der Waals surface area contributed by atoms with E-state index in [0.29, 0.717) is 12.1 Å². The number of hydrogen-bond donors (Lipinski definition) is 0. The van der Waals surface area contributed by atoms with Gasteiger partial charge >= 0.3 is 5.76 Å². The molecule has 1 saturated heterocycles. The third kappa shape index (κ3) is 2.92. The number of oxazole rings is 1. The first-order valence-corrected chi connectivity index (χ1v) is 10.3. The van der Waals surface area contributed by atoms with Crippen molar-refractivity contribution in [1.82, 2.24) is 14.5 Å². The van der Waals surface area contributed by atoms with E-state index in [9.17, 15) is 9.59 Å². The lowest BCUT2D eigenvalue weighted by atomic mass is 10.2. The number of nitrogens with zero attached hydrogens (tertiary/aromatic N) is 3. The van der Waals surface area contributed by atoms with Crippen LogP contribution in [0, 0.1) is 0 Å². The average molecular weight is 393 g/mol. The van der Waals surface area contributed by atoms with Gasteiger partial charge in [-0.25, -0.2) is 9.78 Å². The van der Waals surface area contributed by atoms with Crippen molar-refractivity contribution in [1.29, 1.82) is 0 Å². The minimum atomic E-state index is -0.418. The summed E-state index contributed by atoms with van der Waals surface area (Å²) in [5.41, 5.74) is 2.26. The molecule has 1 aliphatic heterocycles. The van der Waals surface area contributed by atoms with Crippen LogP contribution >= 0.6 is 11.3 Å². The molecule has 0 N–H and O–H groups in total. The Labute approximate surface area is 165 Å². The van der Waals surface area contributed by atoms with Crippen molar-refractivity contribution in [2.24, 2.45) is 0 Å². The summed E-state index contributed by atoms with van der Waals surface area (Å²) in [4.78, 5) is 31.7. The van der Waals surface area contributed by atoms with Gasteiger partial charge in [0.1, 0.15) is 5.01 Å². The summed E-state index contributed by atoms with van der Waals surface area (Å²) < 4.78 is 7.94. The third-order valence-electron chi connectivity index (χ3n) is 5.29.